The molecule has 0 radical (unpaired) electrons. The molecule has 7 heteroatoms. The van der Waals surface area contributed by atoms with Crippen molar-refractivity contribution in [2.45, 2.75) is 24.3 Å². The van der Waals surface area contributed by atoms with E-state index in [2.05, 4.69) is 10.6 Å². The van der Waals surface area contributed by atoms with E-state index < -0.39 is 9.84 Å². The average Bonchev–Trinajstić information content (AvgIpc) is 2.48. The molecule has 1 aliphatic heterocycles. The van der Waals surface area contributed by atoms with Crippen LogP contribution in [0.3, 0.4) is 0 Å². The summed E-state index contributed by atoms with van der Waals surface area (Å²) in [5, 5.41) is 5.82. The van der Waals surface area contributed by atoms with Crippen molar-refractivity contribution < 1.29 is 17.9 Å². The summed E-state index contributed by atoms with van der Waals surface area (Å²) in [5.41, 5.74) is 0.327. The molecule has 0 bridgehead atoms. The highest BCUT2D eigenvalue weighted by molar-refractivity contribution is 7.91. The van der Waals surface area contributed by atoms with E-state index in [9.17, 15) is 13.2 Å². The fraction of sp³-hybridized carbons (Fsp3) is 0.500. The van der Waals surface area contributed by atoms with Gasteiger partial charge in [0.15, 0.2) is 9.84 Å². The molecular formula is C14H20N2O4S. The number of hydrogen-bond donors (Lipinski definition) is 2. The van der Waals surface area contributed by atoms with Crippen LogP contribution in [0.2, 0.25) is 0 Å². The molecule has 1 aromatic rings. The Hall–Kier alpha value is -1.44. The fourth-order valence-electron chi connectivity index (χ4n) is 2.16. The molecule has 21 heavy (non-hydrogen) atoms. The van der Waals surface area contributed by atoms with Gasteiger partial charge in [-0.05, 0) is 12.1 Å². The Labute approximate surface area is 124 Å². The first-order valence-corrected chi connectivity index (χ1v) is 8.62. The van der Waals surface area contributed by atoms with Gasteiger partial charge in [-0.2, -0.15) is 0 Å². The highest BCUT2D eigenvalue weighted by Crippen LogP contribution is 2.22. The molecular weight excluding hydrogens is 292 g/mol. The standard InChI is InChI=1S/C14H20N2O4S/c1-2-21(18,19)13-6-4-3-5-12(13)16-14(17)9-11-10-15-7-8-20-11/h3-6,11,15H,2,7-10H2,1H3,(H,16,17). The molecule has 2 N–H and O–H groups in total. The van der Waals surface area contributed by atoms with Gasteiger partial charge in [-0.1, -0.05) is 19.1 Å². The van der Waals surface area contributed by atoms with E-state index in [1.165, 1.54) is 6.07 Å². The van der Waals surface area contributed by atoms with Gasteiger partial charge >= 0.3 is 0 Å². The van der Waals surface area contributed by atoms with Gasteiger partial charge in [0.2, 0.25) is 5.91 Å². The zero-order valence-electron chi connectivity index (χ0n) is 12.0. The Morgan fingerprint density at radius 2 is 2.19 bits per heavy atom. The summed E-state index contributed by atoms with van der Waals surface area (Å²) in [4.78, 5) is 12.2. The highest BCUT2D eigenvalue weighted by atomic mass is 32.2. The summed E-state index contributed by atoms with van der Waals surface area (Å²) in [7, 11) is -3.37. The van der Waals surface area contributed by atoms with E-state index in [1.807, 2.05) is 0 Å². The molecule has 1 fully saturated rings. The zero-order chi connectivity index (χ0) is 15.3. The van der Waals surface area contributed by atoms with Gasteiger partial charge in [0, 0.05) is 13.1 Å². The zero-order valence-corrected chi connectivity index (χ0v) is 12.8. The lowest BCUT2D eigenvalue weighted by molar-refractivity contribution is -0.119. The minimum absolute atomic E-state index is 0.00442. The summed E-state index contributed by atoms with van der Waals surface area (Å²) in [6.07, 6.45) is 0.0294. The van der Waals surface area contributed by atoms with Gasteiger partial charge in [0.1, 0.15) is 0 Å². The van der Waals surface area contributed by atoms with Crippen LogP contribution in [0, 0.1) is 0 Å². The number of rotatable bonds is 5. The molecule has 6 nitrogen and oxygen atoms in total. The molecule has 1 amide bonds. The molecule has 0 aromatic heterocycles. The van der Waals surface area contributed by atoms with Gasteiger partial charge < -0.3 is 15.4 Å². The number of benzene rings is 1. The number of para-hydroxylation sites is 1. The van der Waals surface area contributed by atoms with Crippen molar-refractivity contribution in [1.82, 2.24) is 5.32 Å². The van der Waals surface area contributed by atoms with Crippen molar-refractivity contribution in [3.05, 3.63) is 24.3 Å². The summed E-state index contributed by atoms with van der Waals surface area (Å²) in [5.74, 6) is -0.252. The summed E-state index contributed by atoms with van der Waals surface area (Å²) >= 11 is 0. The molecule has 116 valence electrons. The Kier molecular flexibility index (Phi) is 5.33. The fourth-order valence-corrected chi connectivity index (χ4v) is 3.21. The van der Waals surface area contributed by atoms with E-state index in [1.54, 1.807) is 25.1 Å². The number of ether oxygens (including phenoxy) is 1. The minimum atomic E-state index is -3.37. The molecule has 0 spiro atoms. The largest absolute Gasteiger partial charge is 0.375 e. The monoisotopic (exact) mass is 312 g/mol. The van der Waals surface area contributed by atoms with E-state index in [-0.39, 0.29) is 29.1 Å². The first kappa shape index (κ1) is 15.9. The van der Waals surface area contributed by atoms with Crippen LogP contribution >= 0.6 is 0 Å². The lowest BCUT2D eigenvalue weighted by Gasteiger charge is -2.23. The van der Waals surface area contributed by atoms with Gasteiger partial charge in [-0.15, -0.1) is 0 Å². The molecule has 1 aromatic carbocycles. The Bertz CT molecular complexity index is 595. The van der Waals surface area contributed by atoms with Crippen molar-refractivity contribution in [2.24, 2.45) is 0 Å². The summed E-state index contributed by atoms with van der Waals surface area (Å²) in [6, 6.07) is 6.45. The SMILES string of the molecule is CCS(=O)(=O)c1ccccc1NC(=O)CC1CNCCO1. The lowest BCUT2D eigenvalue weighted by atomic mass is 10.2. The topological polar surface area (TPSA) is 84.5 Å². The van der Waals surface area contributed by atoms with Gasteiger partial charge in [0.25, 0.3) is 0 Å². The van der Waals surface area contributed by atoms with Crippen LogP contribution in [0.25, 0.3) is 0 Å². The molecule has 0 saturated carbocycles. The van der Waals surface area contributed by atoms with Gasteiger partial charge in [-0.25, -0.2) is 8.42 Å². The maximum atomic E-state index is 12.0. The van der Waals surface area contributed by atoms with Crippen molar-refractivity contribution in [3.8, 4) is 0 Å². The summed E-state index contributed by atoms with van der Waals surface area (Å²) in [6.45, 7) is 3.58. The van der Waals surface area contributed by atoms with Crippen LogP contribution in [0.15, 0.2) is 29.2 Å². The first-order valence-electron chi connectivity index (χ1n) is 6.97. The van der Waals surface area contributed by atoms with Crippen molar-refractivity contribution in [2.75, 3.05) is 30.8 Å². The van der Waals surface area contributed by atoms with E-state index in [0.29, 0.717) is 18.8 Å². The molecule has 0 aliphatic carbocycles. The number of anilines is 1. The smallest absolute Gasteiger partial charge is 0.227 e. The van der Waals surface area contributed by atoms with E-state index in [0.717, 1.165) is 6.54 Å². The quantitative estimate of drug-likeness (QED) is 0.840. The minimum Gasteiger partial charge on any atom is -0.375 e. The number of nitrogens with one attached hydrogen (secondary N) is 2. The Balaban J connectivity index is 2.07. The third kappa shape index (κ3) is 4.26. The summed E-state index contributed by atoms with van der Waals surface area (Å²) < 4.78 is 29.5. The maximum Gasteiger partial charge on any atom is 0.227 e. The molecule has 1 saturated heterocycles. The third-order valence-electron chi connectivity index (χ3n) is 3.29. The second kappa shape index (κ2) is 7.02. The second-order valence-corrected chi connectivity index (χ2v) is 7.10. The van der Waals surface area contributed by atoms with Crippen LogP contribution < -0.4 is 10.6 Å². The maximum absolute atomic E-state index is 12.0. The van der Waals surface area contributed by atoms with Crippen molar-refractivity contribution in [3.63, 3.8) is 0 Å². The first-order chi connectivity index (χ1) is 10.0. The number of amides is 1. The van der Waals surface area contributed by atoms with Crippen LogP contribution in [0.4, 0.5) is 5.69 Å². The molecule has 1 atom stereocenters. The molecule has 1 aliphatic rings. The molecule has 1 heterocycles. The highest BCUT2D eigenvalue weighted by Gasteiger charge is 2.20. The number of sulfone groups is 1. The van der Waals surface area contributed by atoms with Gasteiger partial charge in [0.05, 0.1) is 35.5 Å². The predicted octanol–water partition coefficient (Wildman–Crippen LogP) is 0.797. The molecule has 1 unspecified atom stereocenters. The normalized spacial score (nSPS) is 19.2. The number of morpholine rings is 1. The van der Waals surface area contributed by atoms with Crippen molar-refractivity contribution in [1.29, 1.82) is 0 Å². The van der Waals surface area contributed by atoms with Crippen LogP contribution in [-0.4, -0.2) is 45.9 Å². The van der Waals surface area contributed by atoms with E-state index >= 15 is 0 Å². The lowest BCUT2D eigenvalue weighted by Crippen LogP contribution is -2.40. The van der Waals surface area contributed by atoms with Crippen LogP contribution in [-0.2, 0) is 19.4 Å². The van der Waals surface area contributed by atoms with Crippen molar-refractivity contribution >= 4 is 21.4 Å². The van der Waals surface area contributed by atoms with Gasteiger partial charge in [-0.3, -0.25) is 4.79 Å². The number of carbonyl (C=O) groups is 1. The van der Waals surface area contributed by atoms with Crippen LogP contribution in [0.1, 0.15) is 13.3 Å². The second-order valence-electron chi connectivity index (χ2n) is 4.85. The predicted molar refractivity (Wildman–Crippen MR) is 80.0 cm³/mol. The average molecular weight is 312 g/mol. The Morgan fingerprint density at radius 1 is 1.43 bits per heavy atom. The number of carbonyl (C=O) groups excluding carboxylic acids is 1. The molecule has 2 rings (SSSR count). The third-order valence-corrected chi connectivity index (χ3v) is 5.08. The van der Waals surface area contributed by atoms with E-state index in [4.69, 9.17) is 4.74 Å². The number of hydrogen-bond acceptors (Lipinski definition) is 5. The van der Waals surface area contributed by atoms with Crippen LogP contribution in [0.5, 0.6) is 0 Å². The Morgan fingerprint density at radius 3 is 2.86 bits per heavy atom.